The standard InChI is InChI=1S/C24H22BrF4N7O4/c25-12-2-10(1-11(3-12)24(27,28)29)15(6-19(37)38)20(22(31)40)36-18-5-14(35-23-32-7-13(26)8-33-23)4-16(21(30)39)17(18)9-34-36/h1-5,9,13,15,20H,6-8H2,(H2,30,39)(H2,31,40)(H,37,38)(H2,32,33,35)/t15-,20?/m0/s1. The van der Waals surface area contributed by atoms with Gasteiger partial charge in [-0.1, -0.05) is 15.9 Å². The highest BCUT2D eigenvalue weighted by molar-refractivity contribution is 9.10. The number of carboxylic acids is 1. The monoisotopic (exact) mass is 627 g/mol. The number of halogens is 5. The molecule has 0 saturated heterocycles. The van der Waals surface area contributed by atoms with Gasteiger partial charge in [-0.2, -0.15) is 18.3 Å². The smallest absolute Gasteiger partial charge is 0.416 e. The van der Waals surface area contributed by atoms with Gasteiger partial charge in [-0.15, -0.1) is 0 Å². The maximum Gasteiger partial charge on any atom is 0.416 e. The molecule has 40 heavy (non-hydrogen) atoms. The van der Waals surface area contributed by atoms with E-state index < -0.39 is 54.1 Å². The molecule has 11 nitrogen and oxygen atoms in total. The zero-order chi connectivity index (χ0) is 29.4. The quantitative estimate of drug-likeness (QED) is 0.238. The number of aliphatic imine (C=N–C) groups is 1. The van der Waals surface area contributed by atoms with Crippen molar-refractivity contribution in [3.63, 3.8) is 0 Å². The topological polar surface area (TPSA) is 178 Å². The Hall–Kier alpha value is -4.21. The molecule has 4 rings (SSSR count). The minimum absolute atomic E-state index is 0.0000311. The van der Waals surface area contributed by atoms with Crippen molar-refractivity contribution < 1.29 is 37.1 Å². The van der Waals surface area contributed by atoms with E-state index in [0.717, 1.165) is 16.8 Å². The molecule has 16 heteroatoms. The summed E-state index contributed by atoms with van der Waals surface area (Å²) in [5.41, 5.74) is 10.3. The summed E-state index contributed by atoms with van der Waals surface area (Å²) in [7, 11) is 0. The molecular weight excluding hydrogens is 606 g/mol. The Bertz CT molecular complexity index is 1520. The number of hydrogen-bond donors (Lipinski definition) is 5. The van der Waals surface area contributed by atoms with Gasteiger partial charge in [0.2, 0.25) is 11.8 Å². The van der Waals surface area contributed by atoms with Crippen LogP contribution in [0.3, 0.4) is 0 Å². The molecule has 0 spiro atoms. The lowest BCUT2D eigenvalue weighted by Crippen LogP contribution is -2.41. The number of alkyl halides is 4. The highest BCUT2D eigenvalue weighted by atomic mass is 79.9. The third-order valence-electron chi connectivity index (χ3n) is 6.19. The van der Waals surface area contributed by atoms with Crippen molar-refractivity contribution in [3.05, 3.63) is 57.7 Å². The molecule has 3 atom stereocenters. The summed E-state index contributed by atoms with van der Waals surface area (Å²) < 4.78 is 55.2. The first kappa shape index (κ1) is 28.8. The first-order chi connectivity index (χ1) is 18.7. The van der Waals surface area contributed by atoms with Gasteiger partial charge in [0.1, 0.15) is 12.2 Å². The number of aliphatic carboxylic acids is 1. The Morgan fingerprint density at radius 3 is 2.50 bits per heavy atom. The number of benzene rings is 2. The van der Waals surface area contributed by atoms with Crippen LogP contribution in [0.15, 0.2) is 46.0 Å². The third-order valence-corrected chi connectivity index (χ3v) is 6.65. The molecule has 2 amide bonds. The summed E-state index contributed by atoms with van der Waals surface area (Å²) in [4.78, 5) is 40.9. The summed E-state index contributed by atoms with van der Waals surface area (Å²) in [6.45, 7) is -0.118. The summed E-state index contributed by atoms with van der Waals surface area (Å²) in [6, 6.07) is 4.03. The van der Waals surface area contributed by atoms with Crippen LogP contribution in [0.25, 0.3) is 10.9 Å². The Morgan fingerprint density at radius 1 is 1.20 bits per heavy atom. The van der Waals surface area contributed by atoms with Gasteiger partial charge in [0, 0.05) is 21.5 Å². The first-order valence-electron chi connectivity index (χ1n) is 11.6. The average molecular weight is 628 g/mol. The highest BCUT2D eigenvalue weighted by Gasteiger charge is 2.37. The van der Waals surface area contributed by atoms with Crippen LogP contribution in [0.4, 0.5) is 23.2 Å². The average Bonchev–Trinajstić information content (AvgIpc) is 3.26. The molecule has 2 heterocycles. The van der Waals surface area contributed by atoms with Crippen LogP contribution in [0.1, 0.15) is 39.9 Å². The molecule has 7 N–H and O–H groups in total. The number of hydrogen-bond acceptors (Lipinski definition) is 7. The SMILES string of the molecule is NC(=O)c1cc(NC2=NCC(F)CN2)cc2c1cnn2C(C(N)=O)[C@@H](CC(=O)O)c1cc(Br)cc(C(F)(F)F)c1. The number of aromatic nitrogens is 2. The number of fused-ring (bicyclic) bond motifs is 1. The maximum atomic E-state index is 13.6. The molecule has 1 aromatic heterocycles. The van der Waals surface area contributed by atoms with Gasteiger partial charge in [0.25, 0.3) is 0 Å². The number of nitrogens with two attached hydrogens (primary N) is 2. The Kier molecular flexibility index (Phi) is 8.00. The second-order valence-corrected chi connectivity index (χ2v) is 9.94. The minimum atomic E-state index is -4.76. The van der Waals surface area contributed by atoms with E-state index in [2.05, 4.69) is 36.7 Å². The zero-order valence-corrected chi connectivity index (χ0v) is 22.0. The molecule has 2 aromatic carbocycles. The van der Waals surface area contributed by atoms with E-state index >= 15 is 0 Å². The molecule has 2 unspecified atom stereocenters. The molecule has 3 aromatic rings. The number of amides is 2. The van der Waals surface area contributed by atoms with Crippen molar-refractivity contribution in [1.29, 1.82) is 0 Å². The minimum Gasteiger partial charge on any atom is -0.481 e. The summed E-state index contributed by atoms with van der Waals surface area (Å²) >= 11 is 3.01. The number of guanidine groups is 1. The number of rotatable bonds is 8. The molecule has 0 radical (unpaired) electrons. The Balaban J connectivity index is 1.89. The molecule has 212 valence electrons. The van der Waals surface area contributed by atoms with E-state index in [4.69, 9.17) is 11.5 Å². The van der Waals surface area contributed by atoms with Gasteiger partial charge in [0.15, 0.2) is 5.96 Å². The number of carbonyl (C=O) groups excluding carboxylic acids is 2. The summed E-state index contributed by atoms with van der Waals surface area (Å²) in [5, 5.41) is 19.6. The predicted octanol–water partition coefficient (Wildman–Crippen LogP) is 2.91. The second kappa shape index (κ2) is 11.1. The number of primary amides is 2. The fourth-order valence-electron chi connectivity index (χ4n) is 4.46. The Labute approximate surface area is 231 Å². The molecule has 0 saturated carbocycles. The van der Waals surface area contributed by atoms with Crippen molar-refractivity contribution >= 4 is 56.3 Å². The van der Waals surface area contributed by atoms with Crippen LogP contribution in [0.5, 0.6) is 0 Å². The summed E-state index contributed by atoms with van der Waals surface area (Å²) in [6.07, 6.45) is -5.52. The number of carbonyl (C=O) groups is 3. The van der Waals surface area contributed by atoms with Crippen molar-refractivity contribution in [3.8, 4) is 0 Å². The number of nitrogens with one attached hydrogen (secondary N) is 2. The van der Waals surface area contributed by atoms with Crippen molar-refractivity contribution in [2.24, 2.45) is 16.5 Å². The second-order valence-electron chi connectivity index (χ2n) is 9.03. The molecule has 1 aliphatic rings. The highest BCUT2D eigenvalue weighted by Crippen LogP contribution is 2.39. The first-order valence-corrected chi connectivity index (χ1v) is 12.4. The number of carboxylic acid groups (broad SMARTS) is 1. The molecular formula is C24H22BrF4N7O4. The third kappa shape index (κ3) is 6.16. The molecule has 1 aliphatic heterocycles. The van der Waals surface area contributed by atoms with E-state index in [1.54, 1.807) is 0 Å². The van der Waals surface area contributed by atoms with Crippen LogP contribution in [0, 0.1) is 0 Å². The van der Waals surface area contributed by atoms with Gasteiger partial charge in [-0.25, -0.2) is 9.38 Å². The number of nitrogens with zero attached hydrogens (tertiary/aromatic N) is 3. The van der Waals surface area contributed by atoms with Gasteiger partial charge in [-0.05, 0) is 35.9 Å². The molecule has 0 fully saturated rings. The van der Waals surface area contributed by atoms with Crippen molar-refractivity contribution in [1.82, 2.24) is 15.1 Å². The van der Waals surface area contributed by atoms with Crippen LogP contribution in [-0.4, -0.2) is 57.9 Å². The normalized spacial score (nSPS) is 17.0. The molecule has 0 bridgehead atoms. The van der Waals surface area contributed by atoms with E-state index in [0.29, 0.717) is 0 Å². The van der Waals surface area contributed by atoms with Crippen LogP contribution in [-0.2, 0) is 15.8 Å². The predicted molar refractivity (Wildman–Crippen MR) is 139 cm³/mol. The van der Waals surface area contributed by atoms with E-state index in [1.807, 2.05) is 0 Å². The zero-order valence-electron chi connectivity index (χ0n) is 20.4. The lowest BCUT2D eigenvalue weighted by atomic mass is 9.87. The van der Waals surface area contributed by atoms with E-state index in [9.17, 15) is 37.1 Å². The fourth-order valence-corrected chi connectivity index (χ4v) is 4.97. The van der Waals surface area contributed by atoms with Crippen molar-refractivity contribution in [2.45, 2.75) is 30.7 Å². The summed E-state index contributed by atoms with van der Waals surface area (Å²) in [5.74, 6) is -4.57. The van der Waals surface area contributed by atoms with Gasteiger partial charge in [-0.3, -0.25) is 19.1 Å². The van der Waals surface area contributed by atoms with E-state index in [-0.39, 0.29) is 51.2 Å². The Morgan fingerprint density at radius 2 is 1.93 bits per heavy atom. The van der Waals surface area contributed by atoms with Crippen LogP contribution >= 0.6 is 15.9 Å². The lowest BCUT2D eigenvalue weighted by molar-refractivity contribution is -0.138. The number of anilines is 1. The van der Waals surface area contributed by atoms with Crippen LogP contribution in [0.2, 0.25) is 0 Å². The van der Waals surface area contributed by atoms with Gasteiger partial charge < -0.3 is 27.2 Å². The van der Waals surface area contributed by atoms with Crippen molar-refractivity contribution in [2.75, 3.05) is 18.4 Å². The van der Waals surface area contributed by atoms with Gasteiger partial charge >= 0.3 is 12.1 Å². The largest absolute Gasteiger partial charge is 0.481 e. The fraction of sp³-hybridized carbons (Fsp3) is 0.292. The maximum absolute atomic E-state index is 13.6. The lowest BCUT2D eigenvalue weighted by Gasteiger charge is -2.26. The van der Waals surface area contributed by atoms with E-state index in [1.165, 1.54) is 24.4 Å². The molecule has 0 aliphatic carbocycles. The van der Waals surface area contributed by atoms with Crippen LogP contribution < -0.4 is 22.1 Å². The van der Waals surface area contributed by atoms with Gasteiger partial charge in [0.05, 0.1) is 42.4 Å².